The Morgan fingerprint density at radius 3 is 2.62 bits per heavy atom. The van der Waals surface area contributed by atoms with E-state index >= 15 is 0 Å². The van der Waals surface area contributed by atoms with E-state index in [1.54, 1.807) is 4.90 Å². The van der Waals surface area contributed by atoms with Crippen LogP contribution in [0.3, 0.4) is 0 Å². The summed E-state index contributed by atoms with van der Waals surface area (Å²) in [4.78, 5) is 13.3. The Morgan fingerprint density at radius 1 is 1.38 bits per heavy atom. The number of halogens is 1. The molecule has 2 unspecified atom stereocenters. The normalized spacial score (nSPS) is 34.8. The maximum absolute atomic E-state index is 13.3. The first-order valence-electron chi connectivity index (χ1n) is 5.11. The van der Waals surface area contributed by atoms with Crippen LogP contribution in [-0.4, -0.2) is 30.1 Å². The number of nitrogens with zero attached hydrogens (tertiary/aromatic N) is 1. The predicted molar refractivity (Wildman–Crippen MR) is 48.0 cm³/mol. The minimum absolute atomic E-state index is 0.128. The molecule has 2 nitrogen and oxygen atoms in total. The van der Waals surface area contributed by atoms with Crippen molar-refractivity contribution in [2.24, 2.45) is 11.8 Å². The Kier molecular flexibility index (Phi) is 2.26. The predicted octanol–water partition coefficient (Wildman–Crippen LogP) is 1.60. The summed E-state index contributed by atoms with van der Waals surface area (Å²) in [6.45, 7) is 3.01. The Balaban J connectivity index is 1.90. The maximum atomic E-state index is 13.3. The van der Waals surface area contributed by atoms with Crippen molar-refractivity contribution in [1.82, 2.24) is 4.90 Å². The smallest absolute Gasteiger partial charge is 0.225 e. The Morgan fingerprint density at radius 2 is 2.08 bits per heavy atom. The van der Waals surface area contributed by atoms with Gasteiger partial charge in [0, 0.05) is 12.5 Å². The first-order chi connectivity index (χ1) is 6.18. The molecule has 2 fully saturated rings. The first-order valence-corrected chi connectivity index (χ1v) is 5.11. The molecule has 0 aromatic rings. The Bertz CT molecular complexity index is 215. The summed E-state index contributed by atoms with van der Waals surface area (Å²) in [7, 11) is 0. The molecule has 1 amide bonds. The standard InChI is InChI=1S/C10H16FNO/c1-7-4-5-12(6-9(7)11)10(13)8-2-3-8/h7-9H,2-6H2,1H3. The third-order valence-corrected chi connectivity index (χ3v) is 3.10. The number of piperidine rings is 1. The van der Waals surface area contributed by atoms with Crippen LogP contribution in [0.25, 0.3) is 0 Å². The fraction of sp³-hybridized carbons (Fsp3) is 0.900. The van der Waals surface area contributed by atoms with Crippen LogP contribution >= 0.6 is 0 Å². The summed E-state index contributed by atoms with van der Waals surface area (Å²) < 4.78 is 13.3. The number of hydrogen-bond acceptors (Lipinski definition) is 1. The molecule has 1 aliphatic heterocycles. The lowest BCUT2D eigenvalue weighted by atomic mass is 9.97. The van der Waals surface area contributed by atoms with E-state index in [2.05, 4.69) is 0 Å². The van der Waals surface area contributed by atoms with Gasteiger partial charge in [-0.05, 0) is 25.2 Å². The van der Waals surface area contributed by atoms with Gasteiger partial charge in [0.05, 0.1) is 6.54 Å². The summed E-state index contributed by atoms with van der Waals surface area (Å²) in [5.41, 5.74) is 0. The van der Waals surface area contributed by atoms with Crippen LogP contribution in [0.2, 0.25) is 0 Å². The lowest BCUT2D eigenvalue weighted by Gasteiger charge is -2.33. The number of rotatable bonds is 1. The zero-order valence-corrected chi connectivity index (χ0v) is 8.00. The zero-order chi connectivity index (χ0) is 9.42. The van der Waals surface area contributed by atoms with Crippen LogP contribution in [0.15, 0.2) is 0 Å². The quantitative estimate of drug-likeness (QED) is 0.607. The van der Waals surface area contributed by atoms with Gasteiger partial charge in [-0.1, -0.05) is 6.92 Å². The molecule has 1 saturated carbocycles. The highest BCUT2D eigenvalue weighted by atomic mass is 19.1. The number of carbonyl (C=O) groups excluding carboxylic acids is 1. The second-order valence-corrected chi connectivity index (χ2v) is 4.34. The number of hydrogen-bond donors (Lipinski definition) is 0. The first kappa shape index (κ1) is 8.97. The van der Waals surface area contributed by atoms with E-state index < -0.39 is 6.17 Å². The van der Waals surface area contributed by atoms with E-state index in [-0.39, 0.29) is 17.7 Å². The van der Waals surface area contributed by atoms with Gasteiger partial charge < -0.3 is 4.90 Å². The topological polar surface area (TPSA) is 20.3 Å². The summed E-state index contributed by atoms with van der Waals surface area (Å²) in [5, 5.41) is 0. The molecule has 1 heterocycles. The minimum atomic E-state index is -0.809. The van der Waals surface area contributed by atoms with Crippen LogP contribution in [0.1, 0.15) is 26.2 Å². The molecule has 0 radical (unpaired) electrons. The van der Waals surface area contributed by atoms with E-state index in [0.717, 1.165) is 25.8 Å². The summed E-state index contributed by atoms with van der Waals surface area (Å²) in [6.07, 6.45) is 2.04. The van der Waals surface area contributed by atoms with Crippen molar-refractivity contribution in [3.63, 3.8) is 0 Å². The van der Waals surface area contributed by atoms with Crippen molar-refractivity contribution < 1.29 is 9.18 Å². The molecule has 3 heteroatoms. The van der Waals surface area contributed by atoms with Crippen LogP contribution in [-0.2, 0) is 4.79 Å². The van der Waals surface area contributed by atoms with E-state index in [1.807, 2.05) is 6.92 Å². The summed E-state index contributed by atoms with van der Waals surface area (Å²) in [6, 6.07) is 0. The molecule has 0 spiro atoms. The maximum Gasteiger partial charge on any atom is 0.225 e. The molecular weight excluding hydrogens is 169 g/mol. The lowest BCUT2D eigenvalue weighted by Crippen LogP contribution is -2.44. The molecule has 2 rings (SSSR count). The lowest BCUT2D eigenvalue weighted by molar-refractivity contribution is -0.135. The number of amides is 1. The monoisotopic (exact) mass is 185 g/mol. The van der Waals surface area contributed by atoms with Gasteiger partial charge in [-0.25, -0.2) is 4.39 Å². The van der Waals surface area contributed by atoms with Gasteiger partial charge in [0.2, 0.25) is 5.91 Å². The van der Waals surface area contributed by atoms with Gasteiger partial charge >= 0.3 is 0 Å². The molecule has 1 aliphatic carbocycles. The molecule has 13 heavy (non-hydrogen) atoms. The van der Waals surface area contributed by atoms with Crippen molar-refractivity contribution in [1.29, 1.82) is 0 Å². The van der Waals surface area contributed by atoms with Crippen molar-refractivity contribution in [3.8, 4) is 0 Å². The zero-order valence-electron chi connectivity index (χ0n) is 8.00. The van der Waals surface area contributed by atoms with Crippen molar-refractivity contribution in [2.45, 2.75) is 32.4 Å². The molecule has 74 valence electrons. The second-order valence-electron chi connectivity index (χ2n) is 4.34. The van der Waals surface area contributed by atoms with Crippen LogP contribution in [0.5, 0.6) is 0 Å². The van der Waals surface area contributed by atoms with E-state index in [4.69, 9.17) is 0 Å². The molecule has 2 atom stereocenters. The van der Waals surface area contributed by atoms with Gasteiger partial charge in [0.15, 0.2) is 0 Å². The largest absolute Gasteiger partial charge is 0.340 e. The third kappa shape index (κ3) is 1.84. The molecule has 0 aromatic carbocycles. The van der Waals surface area contributed by atoms with E-state index in [1.165, 1.54) is 0 Å². The Hall–Kier alpha value is -0.600. The highest BCUT2D eigenvalue weighted by Crippen LogP contribution is 2.32. The van der Waals surface area contributed by atoms with Gasteiger partial charge in [-0.15, -0.1) is 0 Å². The molecule has 0 aromatic heterocycles. The molecule has 1 saturated heterocycles. The van der Waals surface area contributed by atoms with E-state index in [9.17, 15) is 9.18 Å². The van der Waals surface area contributed by atoms with Gasteiger partial charge in [-0.3, -0.25) is 4.79 Å². The summed E-state index contributed by atoms with van der Waals surface area (Å²) in [5.74, 6) is 0.554. The average Bonchev–Trinajstić information content (AvgIpc) is 2.91. The average molecular weight is 185 g/mol. The molecule has 0 N–H and O–H groups in total. The Labute approximate surface area is 78.1 Å². The van der Waals surface area contributed by atoms with Crippen molar-refractivity contribution in [2.75, 3.05) is 13.1 Å². The van der Waals surface area contributed by atoms with Crippen LogP contribution in [0, 0.1) is 11.8 Å². The van der Waals surface area contributed by atoms with Crippen molar-refractivity contribution >= 4 is 5.91 Å². The number of alkyl halides is 1. The van der Waals surface area contributed by atoms with Crippen LogP contribution in [0.4, 0.5) is 4.39 Å². The van der Waals surface area contributed by atoms with Gasteiger partial charge in [0.25, 0.3) is 0 Å². The highest BCUT2D eigenvalue weighted by molar-refractivity contribution is 5.81. The highest BCUT2D eigenvalue weighted by Gasteiger charge is 2.36. The molecular formula is C10H16FNO. The fourth-order valence-electron chi connectivity index (χ4n) is 1.81. The third-order valence-electron chi connectivity index (χ3n) is 3.10. The van der Waals surface area contributed by atoms with E-state index in [0.29, 0.717) is 6.54 Å². The van der Waals surface area contributed by atoms with Crippen LogP contribution < -0.4 is 0 Å². The number of likely N-dealkylation sites (tertiary alicyclic amines) is 1. The van der Waals surface area contributed by atoms with Gasteiger partial charge in [-0.2, -0.15) is 0 Å². The molecule has 0 bridgehead atoms. The van der Waals surface area contributed by atoms with Crippen molar-refractivity contribution in [3.05, 3.63) is 0 Å². The molecule has 2 aliphatic rings. The number of carbonyl (C=O) groups is 1. The minimum Gasteiger partial charge on any atom is -0.340 e. The fourth-order valence-corrected chi connectivity index (χ4v) is 1.81. The van der Waals surface area contributed by atoms with Gasteiger partial charge in [0.1, 0.15) is 6.17 Å². The second kappa shape index (κ2) is 3.28. The SMILES string of the molecule is CC1CCN(C(=O)C2CC2)CC1F. The summed E-state index contributed by atoms with van der Waals surface area (Å²) >= 11 is 0.